The van der Waals surface area contributed by atoms with E-state index in [-0.39, 0.29) is 60.9 Å². The summed E-state index contributed by atoms with van der Waals surface area (Å²) in [6.07, 6.45) is 3.50. The van der Waals surface area contributed by atoms with Crippen molar-refractivity contribution in [3.8, 4) is 5.75 Å². The molecule has 10 nitrogen and oxygen atoms in total. The lowest BCUT2D eigenvalue weighted by molar-refractivity contribution is -0.133. The molecule has 0 bridgehead atoms. The number of phosphoric ester groups is 1. The predicted molar refractivity (Wildman–Crippen MR) is 135 cm³/mol. The molecule has 1 aromatic rings. The maximum absolute atomic E-state index is 13.4. The van der Waals surface area contributed by atoms with E-state index in [2.05, 4.69) is 15.2 Å². The summed E-state index contributed by atoms with van der Waals surface area (Å²) in [6, 6.07) is 4.96. The lowest BCUT2D eigenvalue weighted by Gasteiger charge is -2.25. The minimum atomic E-state index is -4.70. The first-order valence-electron chi connectivity index (χ1n) is 12.3. The SMILES string of the molecule is CCCCCC(=O)NC(Cc1ccc(OP(=O)(O)O)cc1)C(=O)C[C@H](C(=O)NCC(C)=O)C(C)CC. The van der Waals surface area contributed by atoms with Gasteiger partial charge in [0, 0.05) is 18.8 Å². The molecule has 1 aromatic carbocycles. The summed E-state index contributed by atoms with van der Waals surface area (Å²) in [7, 11) is -4.70. The molecule has 0 saturated carbocycles. The standard InChI is InChI=1S/C25H39N2O8P/c1-5-7-8-9-24(30)27-22(14-19-10-12-20(13-11-19)35-36(32,33)34)23(29)15-21(17(3)6-2)25(31)26-16-18(4)28/h10-13,17,21-22H,5-9,14-16H2,1-4H3,(H,26,31)(H,27,30)(H2,32,33,34)/t17?,21-,22?/m0/s1. The fourth-order valence-corrected chi connectivity index (χ4v) is 4.04. The van der Waals surface area contributed by atoms with E-state index in [4.69, 9.17) is 9.79 Å². The third-order valence-corrected chi connectivity index (χ3v) is 6.37. The van der Waals surface area contributed by atoms with E-state index in [1.165, 1.54) is 19.1 Å². The first-order valence-corrected chi connectivity index (χ1v) is 13.8. The van der Waals surface area contributed by atoms with Gasteiger partial charge in [0.25, 0.3) is 0 Å². The van der Waals surface area contributed by atoms with Crippen LogP contribution in [0.25, 0.3) is 0 Å². The van der Waals surface area contributed by atoms with Crippen molar-refractivity contribution >= 4 is 31.2 Å². The van der Waals surface area contributed by atoms with Crippen LogP contribution in [0.3, 0.4) is 0 Å². The summed E-state index contributed by atoms with van der Waals surface area (Å²) in [6.45, 7) is 7.05. The summed E-state index contributed by atoms with van der Waals surface area (Å²) >= 11 is 0. The number of carbonyl (C=O) groups excluding carboxylic acids is 4. The average molecular weight is 527 g/mol. The molecule has 0 radical (unpaired) electrons. The lowest BCUT2D eigenvalue weighted by atomic mass is 9.84. The number of Topliss-reactive ketones (excluding diaryl/α,β-unsaturated/α-hetero) is 2. The molecule has 36 heavy (non-hydrogen) atoms. The van der Waals surface area contributed by atoms with Crippen LogP contribution in [0.5, 0.6) is 5.75 Å². The van der Waals surface area contributed by atoms with Crippen molar-refractivity contribution in [2.75, 3.05) is 6.54 Å². The van der Waals surface area contributed by atoms with E-state index in [1.807, 2.05) is 20.8 Å². The van der Waals surface area contributed by atoms with Crippen molar-refractivity contribution < 1.29 is 38.1 Å². The molecule has 0 aliphatic carbocycles. The average Bonchev–Trinajstić information content (AvgIpc) is 2.80. The van der Waals surface area contributed by atoms with Crippen LogP contribution < -0.4 is 15.2 Å². The van der Waals surface area contributed by atoms with E-state index in [0.717, 1.165) is 12.8 Å². The smallest absolute Gasteiger partial charge is 0.404 e. The van der Waals surface area contributed by atoms with Gasteiger partial charge < -0.3 is 15.2 Å². The van der Waals surface area contributed by atoms with Crippen LogP contribution in [0.15, 0.2) is 24.3 Å². The monoisotopic (exact) mass is 526 g/mol. The Morgan fingerprint density at radius 2 is 1.69 bits per heavy atom. The van der Waals surface area contributed by atoms with Crippen LogP contribution in [0.2, 0.25) is 0 Å². The minimum absolute atomic E-state index is 0.0301. The Labute approximate surface area is 212 Å². The first-order chi connectivity index (χ1) is 16.9. The summed E-state index contributed by atoms with van der Waals surface area (Å²) in [4.78, 5) is 67.8. The third-order valence-electron chi connectivity index (χ3n) is 5.92. The predicted octanol–water partition coefficient (Wildman–Crippen LogP) is 3.09. The Morgan fingerprint density at radius 1 is 1.06 bits per heavy atom. The molecule has 0 aliphatic rings. The summed E-state index contributed by atoms with van der Waals surface area (Å²) < 4.78 is 15.6. The van der Waals surface area contributed by atoms with Gasteiger partial charge in [0.05, 0.1) is 12.6 Å². The molecule has 0 saturated heterocycles. The third kappa shape index (κ3) is 12.4. The van der Waals surface area contributed by atoms with Crippen LogP contribution in [-0.4, -0.2) is 45.8 Å². The molecular formula is C25H39N2O8P. The van der Waals surface area contributed by atoms with Crippen LogP contribution in [-0.2, 0) is 30.2 Å². The van der Waals surface area contributed by atoms with Crippen molar-refractivity contribution in [1.82, 2.24) is 10.6 Å². The van der Waals surface area contributed by atoms with Crippen LogP contribution in [0.1, 0.15) is 71.8 Å². The molecule has 3 atom stereocenters. The normalized spacial score (nSPS) is 13.8. The van der Waals surface area contributed by atoms with Crippen molar-refractivity contribution in [3.63, 3.8) is 0 Å². The zero-order chi connectivity index (χ0) is 27.3. The fourth-order valence-electron chi connectivity index (χ4n) is 3.65. The lowest BCUT2D eigenvalue weighted by Crippen LogP contribution is -2.45. The number of phosphoric acid groups is 1. The molecule has 0 heterocycles. The zero-order valence-corrected chi connectivity index (χ0v) is 22.4. The molecule has 2 unspecified atom stereocenters. The quantitative estimate of drug-likeness (QED) is 0.178. The van der Waals surface area contributed by atoms with Gasteiger partial charge in [-0.1, -0.05) is 52.2 Å². The molecular weight excluding hydrogens is 487 g/mol. The number of hydrogen-bond donors (Lipinski definition) is 4. The van der Waals surface area contributed by atoms with E-state index < -0.39 is 19.8 Å². The number of nitrogens with one attached hydrogen (secondary N) is 2. The number of rotatable bonds is 17. The van der Waals surface area contributed by atoms with Gasteiger partial charge >= 0.3 is 7.82 Å². The minimum Gasteiger partial charge on any atom is -0.404 e. The Bertz CT molecular complexity index is 928. The number of amides is 2. The highest BCUT2D eigenvalue weighted by atomic mass is 31.2. The van der Waals surface area contributed by atoms with Gasteiger partial charge in [0.15, 0.2) is 5.78 Å². The maximum Gasteiger partial charge on any atom is 0.524 e. The Morgan fingerprint density at radius 3 is 2.22 bits per heavy atom. The molecule has 0 fully saturated rings. The summed E-state index contributed by atoms with van der Waals surface area (Å²) in [5.74, 6) is -1.94. The highest BCUT2D eigenvalue weighted by Crippen LogP contribution is 2.37. The van der Waals surface area contributed by atoms with E-state index in [0.29, 0.717) is 18.4 Å². The van der Waals surface area contributed by atoms with Crippen molar-refractivity contribution in [2.45, 2.75) is 78.7 Å². The highest BCUT2D eigenvalue weighted by molar-refractivity contribution is 7.46. The van der Waals surface area contributed by atoms with Gasteiger partial charge in [-0.3, -0.25) is 29.0 Å². The number of carbonyl (C=O) groups is 4. The van der Waals surface area contributed by atoms with Gasteiger partial charge in [-0.05, 0) is 43.4 Å². The molecule has 202 valence electrons. The van der Waals surface area contributed by atoms with Gasteiger partial charge in [0.1, 0.15) is 11.5 Å². The van der Waals surface area contributed by atoms with Crippen molar-refractivity contribution in [3.05, 3.63) is 29.8 Å². The summed E-state index contributed by atoms with van der Waals surface area (Å²) in [5.41, 5.74) is 0.640. The van der Waals surface area contributed by atoms with Gasteiger partial charge in [0.2, 0.25) is 11.8 Å². The fraction of sp³-hybridized carbons (Fsp3) is 0.600. The van der Waals surface area contributed by atoms with Crippen LogP contribution in [0, 0.1) is 11.8 Å². The molecule has 0 spiro atoms. The number of hydrogen-bond acceptors (Lipinski definition) is 6. The van der Waals surface area contributed by atoms with Crippen LogP contribution in [0.4, 0.5) is 0 Å². The van der Waals surface area contributed by atoms with E-state index >= 15 is 0 Å². The summed E-state index contributed by atoms with van der Waals surface area (Å²) in [5, 5.41) is 5.38. The highest BCUT2D eigenvalue weighted by Gasteiger charge is 2.31. The second-order valence-electron chi connectivity index (χ2n) is 9.09. The van der Waals surface area contributed by atoms with Crippen molar-refractivity contribution in [2.24, 2.45) is 11.8 Å². The Kier molecular flexibility index (Phi) is 13.6. The van der Waals surface area contributed by atoms with Crippen LogP contribution >= 0.6 is 7.82 Å². The molecule has 1 rings (SSSR count). The Balaban J connectivity index is 3.06. The number of benzene rings is 1. The Hall–Kier alpha value is -2.55. The second-order valence-corrected chi connectivity index (χ2v) is 10.3. The van der Waals surface area contributed by atoms with E-state index in [1.54, 1.807) is 12.1 Å². The largest absolute Gasteiger partial charge is 0.524 e. The van der Waals surface area contributed by atoms with Crippen molar-refractivity contribution in [1.29, 1.82) is 0 Å². The zero-order valence-electron chi connectivity index (χ0n) is 21.5. The van der Waals surface area contributed by atoms with Gasteiger partial charge in [-0.15, -0.1) is 0 Å². The molecule has 0 aromatic heterocycles. The molecule has 0 aliphatic heterocycles. The first kappa shape index (κ1) is 31.5. The molecule has 2 amide bonds. The second kappa shape index (κ2) is 15.5. The topological polar surface area (TPSA) is 159 Å². The number of unbranched alkanes of at least 4 members (excludes halogenated alkanes) is 2. The maximum atomic E-state index is 13.4. The number of ketones is 2. The van der Waals surface area contributed by atoms with Gasteiger partial charge in [-0.2, -0.15) is 0 Å². The molecule has 4 N–H and O–H groups in total. The van der Waals surface area contributed by atoms with Gasteiger partial charge in [-0.25, -0.2) is 4.57 Å². The van der Waals surface area contributed by atoms with E-state index in [9.17, 15) is 23.7 Å². The molecule has 11 heteroatoms.